The maximum absolute atomic E-state index is 12.8. The van der Waals surface area contributed by atoms with E-state index in [4.69, 9.17) is 9.84 Å². The zero-order chi connectivity index (χ0) is 23.0. The van der Waals surface area contributed by atoms with Gasteiger partial charge >= 0.3 is 12.1 Å². The van der Waals surface area contributed by atoms with Gasteiger partial charge < -0.3 is 20.1 Å². The van der Waals surface area contributed by atoms with Crippen LogP contribution < -0.4 is 5.32 Å². The Hall–Kier alpha value is -3.35. The molecule has 2 N–H and O–H groups in total. The van der Waals surface area contributed by atoms with Gasteiger partial charge in [0.25, 0.3) is 0 Å². The molecule has 33 heavy (non-hydrogen) atoms. The number of fused-ring (bicyclic) bond motifs is 3. The summed E-state index contributed by atoms with van der Waals surface area (Å²) < 4.78 is 5.70. The Morgan fingerprint density at radius 1 is 0.970 bits per heavy atom. The number of carbonyl (C=O) groups excluding carboxylic acids is 2. The van der Waals surface area contributed by atoms with E-state index >= 15 is 0 Å². The standard InChI is InChI=1S/C26H28N2O5/c29-23(28-14-17(15-28)24(30)31)13-26(11-5-6-12-26)27-25(32)33-16-22-20-9-3-1-7-18(20)19-8-2-4-10-21(19)22/h1-4,7-10,17,22H,5-6,11-16H2,(H,27,32)(H,30,31). The molecule has 3 aliphatic rings. The number of hydrogen-bond acceptors (Lipinski definition) is 4. The number of ether oxygens (including phenoxy) is 1. The van der Waals surface area contributed by atoms with E-state index in [-0.39, 0.29) is 37.9 Å². The van der Waals surface area contributed by atoms with Crippen LogP contribution in [-0.4, -0.2) is 53.2 Å². The molecule has 5 rings (SSSR count). The molecule has 0 atom stereocenters. The monoisotopic (exact) mass is 448 g/mol. The fourth-order valence-corrected chi connectivity index (χ4v) is 5.49. The van der Waals surface area contributed by atoms with Crippen LogP contribution in [0, 0.1) is 5.92 Å². The average molecular weight is 449 g/mol. The first-order valence-electron chi connectivity index (χ1n) is 11.6. The Kier molecular flexibility index (Phi) is 5.56. The predicted molar refractivity (Wildman–Crippen MR) is 122 cm³/mol. The predicted octanol–water partition coefficient (Wildman–Crippen LogP) is 3.77. The summed E-state index contributed by atoms with van der Waals surface area (Å²) in [7, 11) is 0. The number of likely N-dealkylation sites (tertiary alicyclic amines) is 1. The molecule has 2 aromatic rings. The van der Waals surface area contributed by atoms with Gasteiger partial charge in [-0.3, -0.25) is 9.59 Å². The van der Waals surface area contributed by atoms with Gasteiger partial charge in [0.05, 0.1) is 17.9 Å². The molecule has 1 aliphatic heterocycles. The van der Waals surface area contributed by atoms with Crippen molar-refractivity contribution in [3.8, 4) is 11.1 Å². The molecule has 2 aliphatic carbocycles. The second kappa shape index (κ2) is 8.54. The zero-order valence-corrected chi connectivity index (χ0v) is 18.5. The third kappa shape index (κ3) is 4.08. The van der Waals surface area contributed by atoms with Crippen LogP contribution in [0.2, 0.25) is 0 Å². The Balaban J connectivity index is 1.22. The van der Waals surface area contributed by atoms with Crippen molar-refractivity contribution in [2.45, 2.75) is 43.6 Å². The number of nitrogens with zero attached hydrogens (tertiary/aromatic N) is 1. The molecule has 1 heterocycles. The largest absolute Gasteiger partial charge is 0.481 e. The van der Waals surface area contributed by atoms with Gasteiger partial charge in [0.2, 0.25) is 5.91 Å². The number of amides is 2. The van der Waals surface area contributed by atoms with E-state index in [0.717, 1.165) is 36.8 Å². The summed E-state index contributed by atoms with van der Waals surface area (Å²) in [6, 6.07) is 16.4. The van der Waals surface area contributed by atoms with Crippen LogP contribution in [0.25, 0.3) is 11.1 Å². The van der Waals surface area contributed by atoms with Gasteiger partial charge in [-0.05, 0) is 35.1 Å². The molecule has 172 valence electrons. The van der Waals surface area contributed by atoms with Crippen molar-refractivity contribution >= 4 is 18.0 Å². The van der Waals surface area contributed by atoms with E-state index in [1.165, 1.54) is 11.1 Å². The molecule has 2 aromatic carbocycles. The van der Waals surface area contributed by atoms with Gasteiger partial charge in [-0.25, -0.2) is 4.79 Å². The first-order valence-corrected chi connectivity index (χ1v) is 11.6. The van der Waals surface area contributed by atoms with Gasteiger partial charge in [-0.15, -0.1) is 0 Å². The van der Waals surface area contributed by atoms with Gasteiger partial charge in [0, 0.05) is 19.0 Å². The van der Waals surface area contributed by atoms with Gasteiger partial charge in [-0.2, -0.15) is 0 Å². The summed E-state index contributed by atoms with van der Waals surface area (Å²) >= 11 is 0. The highest BCUT2D eigenvalue weighted by molar-refractivity contribution is 5.83. The summed E-state index contributed by atoms with van der Waals surface area (Å²) in [6.07, 6.45) is 3.00. The van der Waals surface area contributed by atoms with Gasteiger partial charge in [-0.1, -0.05) is 61.4 Å². The summed E-state index contributed by atoms with van der Waals surface area (Å²) in [5.41, 5.74) is 4.04. The molecule has 0 unspecified atom stereocenters. The number of carboxylic acid groups (broad SMARTS) is 1. The topological polar surface area (TPSA) is 95.9 Å². The first-order chi connectivity index (χ1) is 16.0. The van der Waals surface area contributed by atoms with Crippen molar-refractivity contribution in [2.75, 3.05) is 19.7 Å². The molecular weight excluding hydrogens is 420 g/mol. The van der Waals surface area contributed by atoms with Gasteiger partial charge in [0.15, 0.2) is 0 Å². The minimum absolute atomic E-state index is 0.0154. The Labute approximate surface area is 192 Å². The highest BCUT2D eigenvalue weighted by Gasteiger charge is 2.42. The zero-order valence-electron chi connectivity index (χ0n) is 18.5. The van der Waals surface area contributed by atoms with Gasteiger partial charge in [0.1, 0.15) is 6.61 Å². The van der Waals surface area contributed by atoms with Crippen LogP contribution in [0.5, 0.6) is 0 Å². The lowest BCUT2D eigenvalue weighted by Gasteiger charge is -2.39. The first kappa shape index (κ1) is 21.5. The molecule has 7 heteroatoms. The number of alkyl carbamates (subject to hydrolysis) is 1. The maximum Gasteiger partial charge on any atom is 0.407 e. The second-order valence-electron chi connectivity index (χ2n) is 9.45. The summed E-state index contributed by atoms with van der Waals surface area (Å²) in [5, 5.41) is 12.1. The minimum Gasteiger partial charge on any atom is -0.481 e. The molecule has 1 saturated heterocycles. The summed E-state index contributed by atoms with van der Waals surface area (Å²) in [5.74, 6) is -1.47. The van der Waals surface area contributed by atoms with E-state index in [1.807, 2.05) is 24.3 Å². The number of aliphatic carboxylic acids is 1. The molecule has 0 aromatic heterocycles. The van der Waals surface area contributed by atoms with Crippen molar-refractivity contribution in [3.63, 3.8) is 0 Å². The van der Waals surface area contributed by atoms with Crippen molar-refractivity contribution in [2.24, 2.45) is 5.92 Å². The number of carbonyl (C=O) groups is 3. The van der Waals surface area contributed by atoms with Crippen molar-refractivity contribution in [1.82, 2.24) is 10.2 Å². The molecule has 0 spiro atoms. The Morgan fingerprint density at radius 2 is 1.55 bits per heavy atom. The van der Waals surface area contributed by atoms with Crippen molar-refractivity contribution in [3.05, 3.63) is 59.7 Å². The maximum atomic E-state index is 12.8. The van der Waals surface area contributed by atoms with Crippen molar-refractivity contribution in [1.29, 1.82) is 0 Å². The number of hydrogen-bond donors (Lipinski definition) is 2. The lowest BCUT2D eigenvalue weighted by molar-refractivity contribution is -0.153. The van der Waals surface area contributed by atoms with E-state index < -0.39 is 23.5 Å². The number of rotatable bonds is 6. The van der Waals surface area contributed by atoms with E-state index in [0.29, 0.717) is 0 Å². The molecule has 0 radical (unpaired) electrons. The molecule has 0 bridgehead atoms. The summed E-state index contributed by atoms with van der Waals surface area (Å²) in [4.78, 5) is 38.1. The SMILES string of the molecule is O=C(NC1(CC(=O)N2CC(C(=O)O)C2)CCCC1)OCC1c2ccccc2-c2ccccc21. The average Bonchev–Trinajstić information content (AvgIpc) is 3.33. The lowest BCUT2D eigenvalue weighted by Crippen LogP contribution is -2.56. The van der Waals surface area contributed by atoms with Crippen LogP contribution in [0.15, 0.2) is 48.5 Å². The second-order valence-corrected chi connectivity index (χ2v) is 9.45. The lowest BCUT2D eigenvalue weighted by atomic mass is 9.90. The third-order valence-corrected chi connectivity index (χ3v) is 7.34. The minimum atomic E-state index is -0.869. The van der Waals surface area contributed by atoms with Crippen LogP contribution in [0.1, 0.15) is 49.1 Å². The Morgan fingerprint density at radius 3 is 2.12 bits per heavy atom. The molecule has 1 saturated carbocycles. The molecule has 2 amide bonds. The van der Waals surface area contributed by atoms with Crippen LogP contribution in [0.3, 0.4) is 0 Å². The van der Waals surface area contributed by atoms with Crippen LogP contribution in [0.4, 0.5) is 4.79 Å². The number of benzene rings is 2. The fraction of sp³-hybridized carbons (Fsp3) is 0.423. The molecule has 7 nitrogen and oxygen atoms in total. The highest BCUT2D eigenvalue weighted by atomic mass is 16.5. The fourth-order valence-electron chi connectivity index (χ4n) is 5.49. The van der Waals surface area contributed by atoms with Crippen molar-refractivity contribution < 1.29 is 24.2 Å². The normalized spacial score (nSPS) is 18.8. The van der Waals surface area contributed by atoms with E-state index in [1.54, 1.807) is 4.90 Å². The highest BCUT2D eigenvalue weighted by Crippen LogP contribution is 2.44. The van der Waals surface area contributed by atoms with E-state index in [2.05, 4.69) is 29.6 Å². The smallest absolute Gasteiger partial charge is 0.407 e. The molecule has 2 fully saturated rings. The number of nitrogens with one attached hydrogen (secondary N) is 1. The molecular formula is C26H28N2O5. The van der Waals surface area contributed by atoms with Crippen LogP contribution in [-0.2, 0) is 14.3 Å². The van der Waals surface area contributed by atoms with E-state index in [9.17, 15) is 14.4 Å². The van der Waals surface area contributed by atoms with Crippen LogP contribution >= 0.6 is 0 Å². The Bertz CT molecular complexity index is 1040. The third-order valence-electron chi connectivity index (χ3n) is 7.34. The summed E-state index contributed by atoms with van der Waals surface area (Å²) in [6.45, 7) is 0.723. The quantitative estimate of drug-likeness (QED) is 0.701. The number of carboxylic acids is 1.